The van der Waals surface area contributed by atoms with Gasteiger partial charge < -0.3 is 9.47 Å². The molecule has 0 aromatic heterocycles. The van der Waals surface area contributed by atoms with Crippen molar-refractivity contribution in [2.24, 2.45) is 23.7 Å². The van der Waals surface area contributed by atoms with Crippen LogP contribution in [0.25, 0.3) is 11.1 Å². The lowest BCUT2D eigenvalue weighted by Crippen LogP contribution is -2.35. The van der Waals surface area contributed by atoms with Gasteiger partial charge in [0.1, 0.15) is 0 Å². The van der Waals surface area contributed by atoms with Crippen LogP contribution in [0.2, 0.25) is 0 Å². The summed E-state index contributed by atoms with van der Waals surface area (Å²) in [5.41, 5.74) is 2.17. The molecule has 4 heteroatoms. The molecule has 0 amide bonds. The van der Waals surface area contributed by atoms with Crippen molar-refractivity contribution in [3.8, 4) is 16.9 Å². The summed E-state index contributed by atoms with van der Waals surface area (Å²) in [4.78, 5) is 0. The Morgan fingerprint density at radius 1 is 0.805 bits per heavy atom. The van der Waals surface area contributed by atoms with Gasteiger partial charge in [-0.05, 0) is 124 Å². The third-order valence-corrected chi connectivity index (χ3v) is 10.4. The largest absolute Gasteiger partial charge is 0.490 e. The molecule has 2 aromatic carbocycles. The maximum Gasteiger partial charge on any atom is 0.201 e. The zero-order valence-electron chi connectivity index (χ0n) is 25.3. The highest BCUT2D eigenvalue weighted by Crippen LogP contribution is 2.44. The molecule has 1 aliphatic heterocycles. The molecule has 5 rings (SSSR count). The van der Waals surface area contributed by atoms with Crippen molar-refractivity contribution < 1.29 is 18.3 Å². The first-order chi connectivity index (χ1) is 20.1. The highest BCUT2D eigenvalue weighted by molar-refractivity contribution is 5.65. The number of rotatable bonds is 10. The quantitative estimate of drug-likeness (QED) is 0.267. The van der Waals surface area contributed by atoms with Crippen LogP contribution in [-0.2, 0) is 4.74 Å². The Morgan fingerprint density at radius 3 is 2.12 bits per heavy atom. The Kier molecular flexibility index (Phi) is 10.9. The van der Waals surface area contributed by atoms with Crippen molar-refractivity contribution in [1.82, 2.24) is 0 Å². The average molecular weight is 565 g/mol. The van der Waals surface area contributed by atoms with E-state index < -0.39 is 11.6 Å². The maximum absolute atomic E-state index is 14.8. The fraction of sp³-hybridized carbons (Fsp3) is 0.622. The Balaban J connectivity index is 1.06. The fourth-order valence-electron chi connectivity index (χ4n) is 7.85. The van der Waals surface area contributed by atoms with Gasteiger partial charge in [0, 0.05) is 11.5 Å². The van der Waals surface area contributed by atoms with Crippen LogP contribution in [0.1, 0.15) is 109 Å². The molecule has 41 heavy (non-hydrogen) atoms. The van der Waals surface area contributed by atoms with Crippen molar-refractivity contribution in [2.75, 3.05) is 13.2 Å². The van der Waals surface area contributed by atoms with E-state index in [1.807, 2.05) is 19.1 Å². The first kappa shape index (κ1) is 30.3. The third kappa shape index (κ3) is 7.61. The van der Waals surface area contributed by atoms with E-state index in [0.29, 0.717) is 30.1 Å². The minimum atomic E-state index is -0.913. The molecule has 2 aliphatic carbocycles. The van der Waals surface area contributed by atoms with Crippen LogP contribution in [0.15, 0.2) is 48.6 Å². The summed E-state index contributed by atoms with van der Waals surface area (Å²) < 4.78 is 41.1. The smallest absolute Gasteiger partial charge is 0.201 e. The minimum absolute atomic E-state index is 0.0227. The number of benzene rings is 2. The van der Waals surface area contributed by atoms with Crippen LogP contribution in [0.5, 0.6) is 5.75 Å². The highest BCUT2D eigenvalue weighted by atomic mass is 19.2. The molecule has 2 aromatic rings. The van der Waals surface area contributed by atoms with Crippen molar-refractivity contribution in [3.05, 3.63) is 65.7 Å². The van der Waals surface area contributed by atoms with Gasteiger partial charge in [0.2, 0.25) is 5.82 Å². The number of hydrogen-bond acceptors (Lipinski definition) is 2. The number of hydrogen-bond donors (Lipinski definition) is 0. The molecule has 3 fully saturated rings. The lowest BCUT2D eigenvalue weighted by atomic mass is 9.67. The van der Waals surface area contributed by atoms with Crippen molar-refractivity contribution in [1.29, 1.82) is 0 Å². The summed E-state index contributed by atoms with van der Waals surface area (Å²) >= 11 is 0. The number of allylic oxidation sites excluding steroid dienone is 2. The number of ether oxygens (including phenoxy) is 2. The monoisotopic (exact) mass is 564 g/mol. The summed E-state index contributed by atoms with van der Waals surface area (Å²) in [7, 11) is 0. The zero-order chi connectivity index (χ0) is 28.6. The van der Waals surface area contributed by atoms with E-state index in [2.05, 4.69) is 31.2 Å². The summed E-state index contributed by atoms with van der Waals surface area (Å²) in [6.45, 7) is 5.19. The van der Waals surface area contributed by atoms with Crippen LogP contribution in [0.4, 0.5) is 8.78 Å². The van der Waals surface area contributed by atoms with E-state index in [9.17, 15) is 8.78 Å². The van der Waals surface area contributed by atoms with Crippen LogP contribution < -0.4 is 4.74 Å². The van der Waals surface area contributed by atoms with Crippen LogP contribution >= 0.6 is 0 Å². The zero-order valence-corrected chi connectivity index (χ0v) is 25.3. The van der Waals surface area contributed by atoms with Crippen molar-refractivity contribution >= 4 is 0 Å². The fourth-order valence-corrected chi connectivity index (χ4v) is 7.85. The topological polar surface area (TPSA) is 18.5 Å². The molecule has 0 N–H and O–H groups in total. The summed E-state index contributed by atoms with van der Waals surface area (Å²) in [5, 5.41) is 0. The minimum Gasteiger partial charge on any atom is -0.490 e. The van der Waals surface area contributed by atoms with Gasteiger partial charge >= 0.3 is 0 Å². The summed E-state index contributed by atoms with van der Waals surface area (Å²) in [6.07, 6.45) is 21.8. The molecule has 3 aliphatic rings. The first-order valence-corrected chi connectivity index (χ1v) is 16.5. The highest BCUT2D eigenvalue weighted by Gasteiger charge is 2.35. The Hall–Kier alpha value is -2.20. The van der Waals surface area contributed by atoms with Gasteiger partial charge in [-0.2, -0.15) is 4.39 Å². The Labute approximate surface area is 246 Å². The maximum atomic E-state index is 14.8. The SMILES string of the molecule is C/C=C/CCC1CCC(C2CCC(C3CCC(c4ccc(-c5ccc(OCCC)c(F)c5F)cc4)CO3)CC2)CC1. The van der Waals surface area contributed by atoms with E-state index in [0.717, 1.165) is 43.6 Å². The molecule has 1 heterocycles. The van der Waals surface area contributed by atoms with Crippen LogP contribution in [0.3, 0.4) is 0 Å². The van der Waals surface area contributed by atoms with E-state index in [1.54, 1.807) is 6.07 Å². The molecule has 0 spiro atoms. The van der Waals surface area contributed by atoms with Crippen molar-refractivity contribution in [3.63, 3.8) is 0 Å². The molecular weight excluding hydrogens is 514 g/mol. The Bertz CT molecular complexity index is 1100. The lowest BCUT2D eigenvalue weighted by Gasteiger charge is -2.41. The molecule has 1 saturated heterocycles. The predicted molar refractivity (Wildman–Crippen MR) is 164 cm³/mol. The van der Waals surface area contributed by atoms with Gasteiger partial charge in [0.15, 0.2) is 11.6 Å². The molecule has 224 valence electrons. The van der Waals surface area contributed by atoms with Crippen molar-refractivity contribution in [2.45, 2.75) is 109 Å². The average Bonchev–Trinajstić information content (AvgIpc) is 3.03. The molecule has 2 atom stereocenters. The van der Waals surface area contributed by atoms with Gasteiger partial charge in [-0.1, -0.05) is 56.2 Å². The molecule has 2 nitrogen and oxygen atoms in total. The lowest BCUT2D eigenvalue weighted by molar-refractivity contribution is -0.0464. The van der Waals surface area contributed by atoms with Crippen LogP contribution in [0, 0.1) is 35.3 Å². The Morgan fingerprint density at radius 2 is 1.49 bits per heavy atom. The van der Waals surface area contributed by atoms with E-state index >= 15 is 0 Å². The standard InChI is InChI=1S/C37H50F2O2/c1-3-5-6-7-26-8-10-27(11-9-26)28-14-18-31(19-15-28)34-22-20-32(25-41-34)29-12-16-30(17-13-29)33-21-23-35(40-24-4-2)37(39)36(33)38/h3,5,12-13,16-17,21,23,26-28,31-32,34H,4,6-11,14-15,18-20,22,24-25H2,1-2H3/b5-3+. The van der Waals surface area contributed by atoms with Gasteiger partial charge in [-0.3, -0.25) is 0 Å². The van der Waals surface area contributed by atoms with E-state index in [4.69, 9.17) is 9.47 Å². The van der Waals surface area contributed by atoms with Crippen LogP contribution in [-0.4, -0.2) is 19.3 Å². The summed E-state index contributed by atoms with van der Waals surface area (Å²) in [5.74, 6) is 2.16. The third-order valence-electron chi connectivity index (χ3n) is 10.4. The van der Waals surface area contributed by atoms with E-state index in [1.165, 1.54) is 75.8 Å². The molecule has 0 radical (unpaired) electrons. The van der Waals surface area contributed by atoms with E-state index in [-0.39, 0.29) is 11.3 Å². The van der Waals surface area contributed by atoms with Gasteiger partial charge in [0.25, 0.3) is 0 Å². The summed E-state index contributed by atoms with van der Waals surface area (Å²) in [6, 6.07) is 11.1. The molecule has 0 bridgehead atoms. The second-order valence-corrected chi connectivity index (χ2v) is 13.0. The first-order valence-electron chi connectivity index (χ1n) is 16.5. The molecule has 2 saturated carbocycles. The predicted octanol–water partition coefficient (Wildman–Crippen LogP) is 10.7. The molecular formula is C37H50F2O2. The molecule has 2 unspecified atom stereocenters. The van der Waals surface area contributed by atoms with Gasteiger partial charge in [0.05, 0.1) is 19.3 Å². The van der Waals surface area contributed by atoms with Gasteiger partial charge in [-0.25, -0.2) is 4.39 Å². The normalized spacial score (nSPS) is 29.1. The number of halogens is 2. The second kappa shape index (κ2) is 14.8. The van der Waals surface area contributed by atoms with Gasteiger partial charge in [-0.15, -0.1) is 0 Å². The second-order valence-electron chi connectivity index (χ2n) is 13.0.